The molecule has 9 heteroatoms. The van der Waals surface area contributed by atoms with Crippen LogP contribution in [0.4, 0.5) is 0 Å². The van der Waals surface area contributed by atoms with Gasteiger partial charge in [0.15, 0.2) is 0 Å². The molecule has 2 unspecified atom stereocenters. The van der Waals surface area contributed by atoms with Crippen LogP contribution in [0.2, 0.25) is 10.0 Å². The van der Waals surface area contributed by atoms with Crippen LogP contribution in [-0.2, 0) is 9.53 Å². The molecule has 0 bridgehead atoms. The molecule has 1 amide bonds. The predicted molar refractivity (Wildman–Crippen MR) is 162 cm³/mol. The molecule has 0 spiro atoms. The lowest BCUT2D eigenvalue weighted by atomic mass is 9.93. The Labute approximate surface area is 251 Å². The highest BCUT2D eigenvalue weighted by Crippen LogP contribution is 2.45. The van der Waals surface area contributed by atoms with Crippen molar-refractivity contribution in [3.8, 4) is 11.5 Å². The summed E-state index contributed by atoms with van der Waals surface area (Å²) < 4.78 is 17.2. The number of amides is 1. The summed E-state index contributed by atoms with van der Waals surface area (Å²) in [6.45, 7) is 7.57. The van der Waals surface area contributed by atoms with Crippen LogP contribution in [0.3, 0.4) is 0 Å². The van der Waals surface area contributed by atoms with E-state index >= 15 is 0 Å². The molecule has 0 aromatic heterocycles. The topological polar surface area (TPSA) is 63.6 Å². The van der Waals surface area contributed by atoms with Gasteiger partial charge in [-0.1, -0.05) is 47.5 Å². The van der Waals surface area contributed by atoms with Crippen molar-refractivity contribution in [1.82, 2.24) is 9.80 Å². The van der Waals surface area contributed by atoms with Crippen LogP contribution < -0.4 is 9.47 Å². The molecule has 0 aliphatic carbocycles. The lowest BCUT2D eigenvalue weighted by Gasteiger charge is -2.32. The van der Waals surface area contributed by atoms with E-state index in [9.17, 15) is 4.79 Å². The zero-order chi connectivity index (χ0) is 28.9. The van der Waals surface area contributed by atoms with Crippen molar-refractivity contribution in [2.45, 2.75) is 38.5 Å². The van der Waals surface area contributed by atoms with Crippen LogP contribution in [0.15, 0.2) is 71.7 Å². The summed E-state index contributed by atoms with van der Waals surface area (Å²) in [6, 6.07) is 20.2. The van der Waals surface area contributed by atoms with Crippen molar-refractivity contribution in [2.24, 2.45) is 4.99 Å². The SMILES string of the molecule is COc1ccc(C2=NC(c3ccc(Cl)cc3)C(c3ccc(Cl)cc3)N2C(=O)CCN2CCOCC2)c(OC(C)C)c1. The third kappa shape index (κ3) is 6.87. The number of nitrogens with zero attached hydrogens (tertiary/aromatic N) is 3. The van der Waals surface area contributed by atoms with Crippen LogP contribution in [-0.4, -0.2) is 67.6 Å². The fraction of sp³-hybridized carbons (Fsp3) is 0.375. The highest BCUT2D eigenvalue weighted by atomic mass is 35.5. The lowest BCUT2D eigenvalue weighted by molar-refractivity contribution is -0.129. The number of hydrogen-bond donors (Lipinski definition) is 0. The normalized spacial score (nSPS) is 19.4. The average molecular weight is 597 g/mol. The zero-order valence-corrected chi connectivity index (χ0v) is 25.1. The number of morpholine rings is 1. The monoisotopic (exact) mass is 595 g/mol. The first kappa shape index (κ1) is 29.4. The van der Waals surface area contributed by atoms with Gasteiger partial charge in [-0.3, -0.25) is 19.6 Å². The largest absolute Gasteiger partial charge is 0.497 e. The lowest BCUT2D eigenvalue weighted by Crippen LogP contribution is -2.42. The number of carbonyl (C=O) groups is 1. The maximum atomic E-state index is 14.3. The molecular formula is C32H35Cl2N3O4. The van der Waals surface area contributed by atoms with Gasteiger partial charge in [0.1, 0.15) is 23.4 Å². The molecule has 2 atom stereocenters. The molecule has 1 saturated heterocycles. The molecule has 3 aromatic carbocycles. The third-order valence-corrected chi connectivity index (χ3v) is 7.80. The van der Waals surface area contributed by atoms with E-state index < -0.39 is 6.04 Å². The number of aliphatic imine (C=N–C) groups is 1. The van der Waals surface area contributed by atoms with E-state index in [-0.39, 0.29) is 18.1 Å². The van der Waals surface area contributed by atoms with Crippen LogP contribution in [0.5, 0.6) is 11.5 Å². The molecule has 0 N–H and O–H groups in total. The molecule has 41 heavy (non-hydrogen) atoms. The Kier molecular flexibility index (Phi) is 9.50. The molecule has 216 valence electrons. The van der Waals surface area contributed by atoms with Crippen LogP contribution in [0, 0.1) is 0 Å². The van der Waals surface area contributed by atoms with Crippen molar-refractivity contribution < 1.29 is 19.0 Å². The van der Waals surface area contributed by atoms with Gasteiger partial charge in [0, 0.05) is 42.2 Å². The molecule has 7 nitrogen and oxygen atoms in total. The average Bonchev–Trinajstić information content (AvgIpc) is 3.37. The minimum absolute atomic E-state index is 0.0158. The van der Waals surface area contributed by atoms with Crippen molar-refractivity contribution >= 4 is 34.9 Å². The minimum Gasteiger partial charge on any atom is -0.497 e. The number of hydrogen-bond acceptors (Lipinski definition) is 6. The number of ether oxygens (including phenoxy) is 3. The van der Waals surface area contributed by atoms with E-state index in [1.807, 2.05) is 85.5 Å². The van der Waals surface area contributed by atoms with Gasteiger partial charge in [-0.25, -0.2) is 0 Å². The summed E-state index contributed by atoms with van der Waals surface area (Å²) in [5, 5.41) is 1.27. The molecule has 2 aliphatic rings. The van der Waals surface area contributed by atoms with Crippen molar-refractivity contribution in [1.29, 1.82) is 0 Å². The predicted octanol–water partition coefficient (Wildman–Crippen LogP) is 6.58. The fourth-order valence-electron chi connectivity index (χ4n) is 5.28. The third-order valence-electron chi connectivity index (χ3n) is 7.30. The Morgan fingerprint density at radius 2 is 1.61 bits per heavy atom. The van der Waals surface area contributed by atoms with Gasteiger partial charge in [0.05, 0.1) is 38.0 Å². The number of carbonyl (C=O) groups excluding carboxylic acids is 1. The number of amidine groups is 1. The van der Waals surface area contributed by atoms with Crippen molar-refractivity contribution in [3.63, 3.8) is 0 Å². The molecule has 2 aliphatic heterocycles. The number of halogens is 2. The Morgan fingerprint density at radius 3 is 2.22 bits per heavy atom. The van der Waals surface area contributed by atoms with Crippen molar-refractivity contribution in [2.75, 3.05) is 40.0 Å². The standard InChI is InChI=1S/C32H35Cl2N3O4/c1-21(2)41-28-20-26(39-3)12-13-27(28)32-35-30(22-4-8-24(33)9-5-22)31(23-6-10-25(34)11-7-23)37(32)29(38)14-15-36-16-18-40-19-17-36/h4-13,20-21,30-31H,14-19H2,1-3H3. The first-order chi connectivity index (χ1) is 19.8. The maximum absolute atomic E-state index is 14.3. The van der Waals surface area contributed by atoms with Crippen LogP contribution >= 0.6 is 23.2 Å². The number of rotatable bonds is 9. The van der Waals surface area contributed by atoms with Crippen molar-refractivity contribution in [3.05, 3.63) is 93.5 Å². The molecule has 5 rings (SSSR count). The highest BCUT2D eigenvalue weighted by molar-refractivity contribution is 6.30. The van der Waals surface area contributed by atoms with Crippen LogP contribution in [0.25, 0.3) is 0 Å². The molecule has 2 heterocycles. The van der Waals surface area contributed by atoms with Gasteiger partial charge in [-0.2, -0.15) is 0 Å². The fourth-order valence-corrected chi connectivity index (χ4v) is 5.53. The minimum atomic E-state index is -0.394. The second kappa shape index (κ2) is 13.3. The maximum Gasteiger partial charge on any atom is 0.230 e. The molecule has 0 saturated carbocycles. The van der Waals surface area contributed by atoms with Gasteiger partial charge in [-0.05, 0) is 61.4 Å². The number of methoxy groups -OCH3 is 1. The van der Waals surface area contributed by atoms with Gasteiger partial charge >= 0.3 is 0 Å². The Hall–Kier alpha value is -3.10. The second-order valence-corrected chi connectivity index (χ2v) is 11.3. The van der Waals surface area contributed by atoms with Gasteiger partial charge in [-0.15, -0.1) is 0 Å². The van der Waals surface area contributed by atoms with Crippen LogP contribution in [0.1, 0.15) is 49.0 Å². The van der Waals surface area contributed by atoms with Gasteiger partial charge < -0.3 is 14.2 Å². The Bertz CT molecular complexity index is 1370. The molecule has 1 fully saturated rings. The summed E-state index contributed by atoms with van der Waals surface area (Å²) in [7, 11) is 1.62. The smallest absolute Gasteiger partial charge is 0.230 e. The Balaban J connectivity index is 1.62. The first-order valence-corrected chi connectivity index (χ1v) is 14.7. The van der Waals surface area contributed by atoms with E-state index in [1.165, 1.54) is 0 Å². The van der Waals surface area contributed by atoms with E-state index in [0.717, 1.165) is 29.8 Å². The zero-order valence-electron chi connectivity index (χ0n) is 23.6. The van der Waals surface area contributed by atoms with E-state index in [1.54, 1.807) is 7.11 Å². The molecular weight excluding hydrogens is 561 g/mol. The molecule has 3 aromatic rings. The van der Waals surface area contributed by atoms with Gasteiger partial charge in [0.2, 0.25) is 5.91 Å². The first-order valence-electron chi connectivity index (χ1n) is 13.9. The summed E-state index contributed by atoms with van der Waals surface area (Å²) in [5.74, 6) is 1.82. The van der Waals surface area contributed by atoms with E-state index in [2.05, 4.69) is 4.90 Å². The van der Waals surface area contributed by atoms with Gasteiger partial charge in [0.25, 0.3) is 0 Å². The summed E-state index contributed by atoms with van der Waals surface area (Å²) >= 11 is 12.5. The number of benzene rings is 3. The molecule has 0 radical (unpaired) electrons. The van der Waals surface area contributed by atoms with E-state index in [4.69, 9.17) is 42.4 Å². The summed E-state index contributed by atoms with van der Waals surface area (Å²) in [5.41, 5.74) is 2.62. The second-order valence-electron chi connectivity index (χ2n) is 10.4. The summed E-state index contributed by atoms with van der Waals surface area (Å²) in [6.07, 6.45) is 0.250. The summed E-state index contributed by atoms with van der Waals surface area (Å²) in [4.78, 5) is 23.6. The Morgan fingerprint density at radius 1 is 0.976 bits per heavy atom. The highest BCUT2D eigenvalue weighted by Gasteiger charge is 2.43. The van der Waals surface area contributed by atoms with E-state index in [0.29, 0.717) is 53.6 Å². The quantitative estimate of drug-likeness (QED) is 0.279.